The number of hydrogen-bond acceptors (Lipinski definition) is 6. The minimum atomic E-state index is 0.364. The van der Waals surface area contributed by atoms with Crippen LogP contribution in [0, 0.1) is 11.3 Å². The molecule has 1 aliphatic carbocycles. The van der Waals surface area contributed by atoms with Crippen LogP contribution in [0.3, 0.4) is 0 Å². The molecule has 1 aliphatic rings. The van der Waals surface area contributed by atoms with Gasteiger partial charge in [0.1, 0.15) is 11.9 Å². The first-order valence-electron chi connectivity index (χ1n) is 10.8. The van der Waals surface area contributed by atoms with E-state index < -0.39 is 0 Å². The number of rotatable bonds is 6. The van der Waals surface area contributed by atoms with Crippen molar-refractivity contribution in [3.63, 3.8) is 0 Å². The Morgan fingerprint density at radius 3 is 2.91 bits per heavy atom. The van der Waals surface area contributed by atoms with E-state index in [4.69, 9.17) is 9.97 Å². The normalized spacial score (nSPS) is 12.6. The zero-order valence-corrected chi connectivity index (χ0v) is 18.9. The van der Waals surface area contributed by atoms with Gasteiger partial charge in [-0.1, -0.05) is 44.2 Å². The van der Waals surface area contributed by atoms with Gasteiger partial charge in [-0.05, 0) is 52.5 Å². The first kappa shape index (κ1) is 20.3. The first-order valence-corrected chi connectivity index (χ1v) is 11.7. The number of benzene rings is 1. The van der Waals surface area contributed by atoms with Crippen LogP contribution >= 0.6 is 11.3 Å². The van der Waals surface area contributed by atoms with E-state index in [1.165, 1.54) is 22.3 Å². The Bertz CT molecular complexity index is 1380. The second-order valence-corrected chi connectivity index (χ2v) is 9.14. The van der Waals surface area contributed by atoms with Crippen LogP contribution in [0.2, 0.25) is 0 Å². The molecular formula is C26H23N5S. The molecule has 1 N–H and O–H groups in total. The van der Waals surface area contributed by atoms with E-state index in [9.17, 15) is 5.26 Å². The highest BCUT2D eigenvalue weighted by Gasteiger charge is 2.18. The lowest BCUT2D eigenvalue weighted by molar-refractivity contribution is 0.877. The number of nitrogens with zero attached hydrogens (tertiary/aromatic N) is 4. The lowest BCUT2D eigenvalue weighted by Gasteiger charge is -2.11. The average molecular weight is 438 g/mol. The number of pyridine rings is 1. The summed E-state index contributed by atoms with van der Waals surface area (Å²) in [5.74, 6) is 1.80. The van der Waals surface area contributed by atoms with Crippen LogP contribution in [0.25, 0.3) is 27.2 Å². The van der Waals surface area contributed by atoms with E-state index in [-0.39, 0.29) is 0 Å². The Morgan fingerprint density at radius 2 is 2.06 bits per heavy atom. The van der Waals surface area contributed by atoms with Crippen molar-refractivity contribution in [2.45, 2.75) is 32.6 Å². The highest BCUT2D eigenvalue weighted by Crippen LogP contribution is 2.36. The monoisotopic (exact) mass is 437 g/mol. The molecule has 32 heavy (non-hydrogen) atoms. The lowest BCUT2D eigenvalue weighted by atomic mass is 10.0. The molecule has 1 aromatic carbocycles. The Labute approximate surface area is 191 Å². The van der Waals surface area contributed by atoms with Gasteiger partial charge < -0.3 is 5.32 Å². The van der Waals surface area contributed by atoms with Gasteiger partial charge in [0, 0.05) is 24.5 Å². The van der Waals surface area contributed by atoms with Crippen molar-refractivity contribution in [2.75, 3.05) is 11.9 Å². The number of anilines is 1. The number of aromatic nitrogens is 3. The Morgan fingerprint density at radius 1 is 1.19 bits per heavy atom. The largest absolute Gasteiger partial charge is 0.368 e. The van der Waals surface area contributed by atoms with E-state index in [0.29, 0.717) is 17.3 Å². The third kappa shape index (κ3) is 3.76. The van der Waals surface area contributed by atoms with Crippen molar-refractivity contribution in [2.24, 2.45) is 0 Å². The molecule has 5 nitrogen and oxygen atoms in total. The summed E-state index contributed by atoms with van der Waals surface area (Å²) in [6, 6.07) is 12.6. The quantitative estimate of drug-likeness (QED) is 0.389. The second-order valence-electron chi connectivity index (χ2n) is 8.26. The van der Waals surface area contributed by atoms with Gasteiger partial charge >= 0.3 is 0 Å². The molecule has 0 unspecified atom stereocenters. The molecule has 0 bridgehead atoms. The van der Waals surface area contributed by atoms with Gasteiger partial charge in [-0.25, -0.2) is 9.97 Å². The molecule has 3 heterocycles. The Kier molecular flexibility index (Phi) is 5.42. The van der Waals surface area contributed by atoms with E-state index >= 15 is 0 Å². The average Bonchev–Trinajstić information content (AvgIpc) is 3.43. The smallest absolute Gasteiger partial charge is 0.163 e. The summed E-state index contributed by atoms with van der Waals surface area (Å²) in [6.07, 6.45) is 7.55. The number of thiophene rings is 1. The molecule has 0 radical (unpaired) electrons. The Balaban J connectivity index is 1.47. The second kappa shape index (κ2) is 8.52. The molecule has 4 aromatic rings. The lowest BCUT2D eigenvalue weighted by Crippen LogP contribution is -2.06. The van der Waals surface area contributed by atoms with Crippen molar-refractivity contribution >= 4 is 32.9 Å². The fraction of sp³-hybridized carbons (Fsp3) is 0.231. The molecule has 0 amide bonds. The van der Waals surface area contributed by atoms with Crippen LogP contribution in [-0.2, 0) is 6.42 Å². The van der Waals surface area contributed by atoms with E-state index in [2.05, 4.69) is 65.9 Å². The molecule has 0 fully saturated rings. The highest BCUT2D eigenvalue weighted by atomic mass is 32.1. The third-order valence-electron chi connectivity index (χ3n) is 5.81. The number of fused-ring (bicyclic) bond motifs is 2. The van der Waals surface area contributed by atoms with Crippen LogP contribution < -0.4 is 5.32 Å². The summed E-state index contributed by atoms with van der Waals surface area (Å²) in [5.41, 5.74) is 7.60. The van der Waals surface area contributed by atoms with Crippen molar-refractivity contribution in [3.05, 3.63) is 76.4 Å². The van der Waals surface area contributed by atoms with Crippen LogP contribution in [0.15, 0.2) is 54.2 Å². The summed E-state index contributed by atoms with van der Waals surface area (Å²) >= 11 is 1.68. The zero-order chi connectivity index (χ0) is 22.1. The van der Waals surface area contributed by atoms with Gasteiger partial charge in [0.25, 0.3) is 0 Å². The summed E-state index contributed by atoms with van der Waals surface area (Å²) in [6.45, 7) is 5.15. The van der Waals surface area contributed by atoms with E-state index in [1.807, 2.05) is 0 Å². The van der Waals surface area contributed by atoms with Crippen LogP contribution in [0.1, 0.15) is 48.4 Å². The maximum Gasteiger partial charge on any atom is 0.163 e. The minimum Gasteiger partial charge on any atom is -0.368 e. The van der Waals surface area contributed by atoms with Crippen molar-refractivity contribution in [3.8, 4) is 17.5 Å². The molecule has 5 rings (SSSR count). The SMILES string of the molecule is CC(C)c1csc2c(NCCC3=CCc4ccccc43)nc(-c3cncc(C#N)c3)nc12. The molecule has 0 aliphatic heterocycles. The number of allylic oxidation sites excluding steroid dienone is 1. The summed E-state index contributed by atoms with van der Waals surface area (Å²) in [4.78, 5) is 13.9. The Hall–Kier alpha value is -3.56. The molecule has 6 heteroatoms. The predicted molar refractivity (Wildman–Crippen MR) is 131 cm³/mol. The van der Waals surface area contributed by atoms with Gasteiger partial charge in [0.05, 0.1) is 15.8 Å². The van der Waals surface area contributed by atoms with Crippen LogP contribution in [0.5, 0.6) is 0 Å². The fourth-order valence-corrected chi connectivity index (χ4v) is 5.26. The molecule has 3 aromatic heterocycles. The van der Waals surface area contributed by atoms with Crippen molar-refractivity contribution < 1.29 is 0 Å². The van der Waals surface area contributed by atoms with Gasteiger partial charge in [-0.15, -0.1) is 11.3 Å². The maximum absolute atomic E-state index is 9.26. The summed E-state index contributed by atoms with van der Waals surface area (Å²) < 4.78 is 1.07. The molecule has 158 valence electrons. The van der Waals surface area contributed by atoms with Gasteiger partial charge in [0.2, 0.25) is 0 Å². The van der Waals surface area contributed by atoms with Crippen LogP contribution in [0.4, 0.5) is 5.82 Å². The number of hydrogen-bond donors (Lipinski definition) is 1. The molecule has 0 saturated heterocycles. The molecule has 0 spiro atoms. The first-order chi connectivity index (χ1) is 15.6. The highest BCUT2D eigenvalue weighted by molar-refractivity contribution is 7.18. The van der Waals surface area contributed by atoms with Gasteiger partial charge in [-0.2, -0.15) is 5.26 Å². The summed E-state index contributed by atoms with van der Waals surface area (Å²) in [7, 11) is 0. The molecule has 0 atom stereocenters. The fourth-order valence-electron chi connectivity index (χ4n) is 4.12. The van der Waals surface area contributed by atoms with Gasteiger partial charge in [0.15, 0.2) is 5.82 Å². The molecular weight excluding hydrogens is 414 g/mol. The summed E-state index contributed by atoms with van der Waals surface area (Å²) in [5, 5.41) is 15.0. The molecule has 0 saturated carbocycles. The third-order valence-corrected chi connectivity index (χ3v) is 6.80. The van der Waals surface area contributed by atoms with Crippen molar-refractivity contribution in [1.29, 1.82) is 5.26 Å². The topological polar surface area (TPSA) is 74.5 Å². The van der Waals surface area contributed by atoms with E-state index in [0.717, 1.165) is 41.0 Å². The van der Waals surface area contributed by atoms with Crippen molar-refractivity contribution in [1.82, 2.24) is 15.0 Å². The van der Waals surface area contributed by atoms with E-state index in [1.54, 1.807) is 29.8 Å². The maximum atomic E-state index is 9.26. The van der Waals surface area contributed by atoms with Gasteiger partial charge in [-0.3, -0.25) is 4.98 Å². The predicted octanol–water partition coefficient (Wildman–Crippen LogP) is 6.19. The number of nitriles is 1. The standard InChI is InChI=1S/C26H23N5S/c1-16(2)22-15-32-24-23(22)30-25(20-11-17(12-27)13-28-14-20)31-26(24)29-10-9-19-8-7-18-5-3-4-6-21(18)19/h3-6,8,11,13-16H,7,9-10H2,1-2H3,(H,29,30,31). The van der Waals surface area contributed by atoms with Crippen LogP contribution in [-0.4, -0.2) is 21.5 Å². The zero-order valence-electron chi connectivity index (χ0n) is 18.1. The number of nitrogens with one attached hydrogen (secondary N) is 1. The minimum absolute atomic E-state index is 0.364.